The van der Waals surface area contributed by atoms with Crippen molar-refractivity contribution in [1.29, 1.82) is 0 Å². The molecule has 3 heterocycles. The number of aryl methyl sites for hydroxylation is 3. The highest BCUT2D eigenvalue weighted by Crippen LogP contribution is 2.38. The molecule has 3 aliphatic heterocycles. The van der Waals surface area contributed by atoms with E-state index in [1.165, 1.54) is 89.6 Å². The van der Waals surface area contributed by atoms with Gasteiger partial charge < -0.3 is 15.5 Å². The molecule has 322 valence electrons. The van der Waals surface area contributed by atoms with E-state index in [4.69, 9.17) is 0 Å². The minimum atomic E-state index is -2.11. The van der Waals surface area contributed by atoms with Crippen LogP contribution in [0.2, 0.25) is 13.1 Å². The van der Waals surface area contributed by atoms with Crippen molar-refractivity contribution in [2.75, 3.05) is 45.2 Å². The molecule has 0 fully saturated rings. The minimum absolute atomic E-state index is 0.0832. The summed E-state index contributed by atoms with van der Waals surface area (Å²) in [5.74, 6) is 0.102. The maximum Gasteiger partial charge on any atom is 0.246 e. The van der Waals surface area contributed by atoms with Gasteiger partial charge in [-0.3, -0.25) is 9.59 Å². The zero-order chi connectivity index (χ0) is 43.7. The van der Waals surface area contributed by atoms with Crippen LogP contribution in [0.3, 0.4) is 0 Å². The van der Waals surface area contributed by atoms with Gasteiger partial charge in [-0.15, -0.1) is 0 Å². The van der Waals surface area contributed by atoms with Crippen molar-refractivity contribution in [2.24, 2.45) is 0 Å². The lowest BCUT2D eigenvalue weighted by Crippen LogP contribution is -2.64. The third-order valence-corrected chi connectivity index (χ3v) is 17.6. The number of allylic oxidation sites excluding steroid dienone is 1. The van der Waals surface area contributed by atoms with E-state index in [0.29, 0.717) is 24.1 Å². The van der Waals surface area contributed by atoms with Crippen LogP contribution in [-0.2, 0) is 35.4 Å². The van der Waals surface area contributed by atoms with Crippen LogP contribution in [-0.4, -0.2) is 60.0 Å². The van der Waals surface area contributed by atoms with Gasteiger partial charge in [0.25, 0.3) is 0 Å². The van der Waals surface area contributed by atoms with Crippen molar-refractivity contribution in [3.63, 3.8) is 0 Å². The Morgan fingerprint density at radius 3 is 2.29 bits per heavy atom. The molecular weight excluding hydrogens is 777 g/mol. The fourth-order valence-electron chi connectivity index (χ4n) is 10.6. The number of nitrogens with zero attached hydrogens (tertiary/aromatic N) is 2. The van der Waals surface area contributed by atoms with Gasteiger partial charge in [-0.25, -0.2) is 4.58 Å². The summed E-state index contributed by atoms with van der Waals surface area (Å²) < 4.78 is 2.49. The number of carbonyl (C=O) groups is 2. The number of rotatable bonds is 16. The third-order valence-electron chi connectivity index (χ3n) is 14.1. The molecule has 0 aromatic heterocycles. The number of benzene rings is 5. The molecule has 7 heteroatoms. The van der Waals surface area contributed by atoms with Crippen molar-refractivity contribution in [3.8, 4) is 0 Å². The second-order valence-corrected chi connectivity index (χ2v) is 23.4. The molecule has 0 unspecified atom stereocenters. The van der Waals surface area contributed by atoms with Gasteiger partial charge in [0, 0.05) is 62.4 Å². The number of nitrogens with one attached hydrogen (secondary N) is 2. The molecule has 6 nitrogen and oxygen atoms in total. The van der Waals surface area contributed by atoms with Crippen molar-refractivity contribution < 1.29 is 9.59 Å². The minimum Gasteiger partial charge on any atom is -0.374 e. The molecule has 62 heavy (non-hydrogen) atoms. The predicted octanol–water partition coefficient (Wildman–Crippen LogP) is 7.64. The lowest BCUT2D eigenvalue weighted by molar-refractivity contribution is -0.117. The summed E-state index contributed by atoms with van der Waals surface area (Å²) in [4.78, 5) is 26.9. The van der Waals surface area contributed by atoms with Crippen LogP contribution >= 0.6 is 0 Å². The molecule has 0 saturated carbocycles. The Kier molecular flexibility index (Phi) is 12.9. The number of Topliss-reactive ketones (excluding diaryl/α,β-unsaturated/α-hetero) is 1. The van der Waals surface area contributed by atoms with Crippen LogP contribution in [0, 0.1) is 0 Å². The molecule has 8 rings (SSSR count). The maximum absolute atomic E-state index is 12.3. The zero-order valence-corrected chi connectivity index (χ0v) is 39.3. The quantitative estimate of drug-likeness (QED) is 0.0353. The summed E-state index contributed by atoms with van der Waals surface area (Å²) in [5.41, 5.74) is 12.5. The van der Waals surface area contributed by atoms with E-state index in [2.05, 4.69) is 127 Å². The molecule has 1 amide bonds. The summed E-state index contributed by atoms with van der Waals surface area (Å²) in [7, 11) is 2.44. The largest absolute Gasteiger partial charge is 0.374 e. The van der Waals surface area contributed by atoms with E-state index in [0.717, 1.165) is 77.5 Å². The molecule has 0 spiro atoms. The van der Waals surface area contributed by atoms with Gasteiger partial charge in [0.2, 0.25) is 11.3 Å². The second-order valence-electron chi connectivity index (χ2n) is 19.1. The number of carbonyl (C=O) groups excluding carboxylic acids is 2. The molecule has 0 bridgehead atoms. The Morgan fingerprint density at radius 2 is 1.52 bits per heavy atom. The average molecular weight is 844 g/mol. The number of ketones is 1. The highest BCUT2D eigenvalue weighted by molar-refractivity contribution is 7.01. The van der Waals surface area contributed by atoms with Gasteiger partial charge in [-0.05, 0) is 166 Å². The highest BCUT2D eigenvalue weighted by atomic mass is 28.3. The highest BCUT2D eigenvalue weighted by Gasteiger charge is 2.38. The molecule has 5 aromatic carbocycles. The molecule has 0 aliphatic carbocycles. The SMILES string of the molecule is C=C(C)C(=O)CCCCCCc1c2ccccc2c(CNCCCNC(=O)C(=C)C)c2ccc(C3=c4cc5c(cc4[Si](C)(C)c4cc6c(cc43)CCCN6C)=[N+](C)CCC5)cc12. The first-order valence-electron chi connectivity index (χ1n) is 23.3. The standard InChI is InChI=1S/C55H66N4O2Si/c1-36(2)51(60)23-12-10-9-11-20-42-41-21-13-14-22-43(41)48(35-56-26-17-27-57-55(61)37(3)4)44-25-24-40(32-45(42)44)54-46-30-38-18-15-28-58(5)49(38)33-52(46)62(7,8)53-34-50-39(31-47(53)54)19-16-29-59(50)6/h13-14,21-22,24-25,30-34,56H,1,3,9-12,15-20,23,26-29,35H2,2,4-8H3/p+1. The molecule has 0 saturated heterocycles. The van der Waals surface area contributed by atoms with Gasteiger partial charge >= 0.3 is 0 Å². The van der Waals surface area contributed by atoms with Crippen LogP contribution in [0.1, 0.15) is 98.6 Å². The first-order valence-corrected chi connectivity index (χ1v) is 26.3. The lowest BCUT2D eigenvalue weighted by Gasteiger charge is -2.37. The van der Waals surface area contributed by atoms with Crippen molar-refractivity contribution in [1.82, 2.24) is 15.2 Å². The van der Waals surface area contributed by atoms with Crippen LogP contribution in [0.4, 0.5) is 5.69 Å². The fraction of sp³-hybridized carbons (Fsp3) is 0.400. The number of hydrogen-bond acceptors (Lipinski definition) is 4. The van der Waals surface area contributed by atoms with Crippen LogP contribution < -0.4 is 41.1 Å². The third kappa shape index (κ3) is 8.51. The summed E-state index contributed by atoms with van der Waals surface area (Å²) in [5, 5.41) is 18.0. The normalized spacial score (nSPS) is 15.2. The maximum atomic E-state index is 12.3. The van der Waals surface area contributed by atoms with E-state index in [9.17, 15) is 9.59 Å². The summed E-state index contributed by atoms with van der Waals surface area (Å²) in [6.07, 6.45) is 11.1. The van der Waals surface area contributed by atoms with E-state index in [1.807, 2.05) is 6.92 Å². The van der Waals surface area contributed by atoms with E-state index in [1.54, 1.807) is 17.3 Å². The lowest BCUT2D eigenvalue weighted by atomic mass is 9.85. The Bertz CT molecular complexity index is 2760. The smallest absolute Gasteiger partial charge is 0.246 e. The molecule has 3 aliphatic rings. The van der Waals surface area contributed by atoms with Crippen LogP contribution in [0.15, 0.2) is 91.0 Å². The Morgan fingerprint density at radius 1 is 0.774 bits per heavy atom. The van der Waals surface area contributed by atoms with Gasteiger partial charge in [0.15, 0.2) is 5.78 Å². The monoisotopic (exact) mass is 844 g/mol. The van der Waals surface area contributed by atoms with Crippen molar-refractivity contribution >= 4 is 62.9 Å². The molecule has 0 radical (unpaired) electrons. The fourth-order valence-corrected chi connectivity index (χ4v) is 13.6. The van der Waals surface area contributed by atoms with Crippen LogP contribution in [0.25, 0.3) is 27.1 Å². The number of unbranched alkanes of at least 4 members (excludes halogenated alkanes) is 3. The van der Waals surface area contributed by atoms with Gasteiger partial charge in [-0.2, -0.15) is 0 Å². The zero-order valence-electron chi connectivity index (χ0n) is 38.3. The van der Waals surface area contributed by atoms with Gasteiger partial charge in [0.05, 0.1) is 0 Å². The van der Waals surface area contributed by atoms with E-state index in [-0.39, 0.29) is 11.7 Å². The average Bonchev–Trinajstić information content (AvgIpc) is 3.25. The molecular formula is C55H67N4O2Si+. The van der Waals surface area contributed by atoms with Crippen LogP contribution in [0.5, 0.6) is 0 Å². The van der Waals surface area contributed by atoms with Gasteiger partial charge in [0.1, 0.15) is 21.7 Å². The van der Waals surface area contributed by atoms with Crippen molar-refractivity contribution in [2.45, 2.75) is 104 Å². The van der Waals surface area contributed by atoms with Crippen molar-refractivity contribution in [3.05, 3.63) is 135 Å². The topological polar surface area (TPSA) is 64.5 Å². The van der Waals surface area contributed by atoms with E-state index >= 15 is 0 Å². The summed E-state index contributed by atoms with van der Waals surface area (Å²) >= 11 is 0. The first kappa shape index (κ1) is 43.5. The Hall–Kier alpha value is -5.11. The van der Waals surface area contributed by atoms with Gasteiger partial charge in [-0.1, -0.05) is 75.5 Å². The van der Waals surface area contributed by atoms with E-state index < -0.39 is 8.07 Å². The number of anilines is 1. The summed E-state index contributed by atoms with van der Waals surface area (Å²) in [6, 6.07) is 26.8. The number of amides is 1. The molecule has 0 atom stereocenters. The first-order chi connectivity index (χ1) is 29.8. The predicted molar refractivity (Wildman–Crippen MR) is 265 cm³/mol. The molecule has 2 N–H and O–H groups in total. The number of hydrogen-bond donors (Lipinski definition) is 2. The number of fused-ring (bicyclic) bond motifs is 6. The second kappa shape index (κ2) is 18.3. The Labute approximate surface area is 370 Å². The summed E-state index contributed by atoms with van der Waals surface area (Å²) in [6.45, 7) is 20.7. The molecule has 5 aromatic rings. The Balaban J connectivity index is 1.28.